The smallest absolute Gasteiger partial charge is 0.285 e. The van der Waals surface area contributed by atoms with Gasteiger partial charge >= 0.3 is 0 Å². The minimum absolute atomic E-state index is 0.0325. The number of hydrogen-bond acceptors (Lipinski definition) is 6. The Morgan fingerprint density at radius 2 is 1.24 bits per heavy atom. The van der Waals surface area contributed by atoms with Crippen molar-refractivity contribution in [2.45, 2.75) is 80.2 Å². The van der Waals surface area contributed by atoms with Gasteiger partial charge in [-0.05, 0) is 43.9 Å². The number of carbonyl (C=O) groups excluding carboxylic acids is 1. The maximum absolute atomic E-state index is 14.2. The molecule has 54 heavy (non-hydrogen) atoms. The van der Waals surface area contributed by atoms with E-state index in [1.165, 1.54) is 32.1 Å². The average Bonchev–Trinajstić information content (AvgIpc) is 3.61. The molecule has 0 spiro atoms. The molecule has 6 rings (SSSR count). The molecule has 5 aromatic rings. The van der Waals surface area contributed by atoms with Gasteiger partial charge in [0.25, 0.3) is 24.0 Å². The molecule has 9 heteroatoms. The fourth-order valence-corrected chi connectivity index (χ4v) is 12.4. The van der Waals surface area contributed by atoms with Gasteiger partial charge in [0.15, 0.2) is 5.13 Å². The highest BCUT2D eigenvalue weighted by molar-refractivity contribution is 7.14. The van der Waals surface area contributed by atoms with Crippen LogP contribution in [0, 0.1) is 22.7 Å². The first kappa shape index (κ1) is 39.8. The van der Waals surface area contributed by atoms with Crippen molar-refractivity contribution in [3.63, 3.8) is 0 Å². The molecule has 1 fully saturated rings. The predicted octanol–water partition coefficient (Wildman–Crippen LogP) is 7.16. The maximum atomic E-state index is 14.2. The van der Waals surface area contributed by atoms with E-state index in [1.54, 1.807) is 0 Å². The molecule has 0 bridgehead atoms. The van der Waals surface area contributed by atoms with E-state index < -0.39 is 18.1 Å². The molecular weight excluding hydrogens is 719 g/mol. The van der Waals surface area contributed by atoms with Crippen molar-refractivity contribution in [2.75, 3.05) is 11.4 Å². The van der Waals surface area contributed by atoms with E-state index in [2.05, 4.69) is 175 Å². The summed E-state index contributed by atoms with van der Waals surface area (Å²) in [6.45, 7) is 18.7. The van der Waals surface area contributed by atoms with Crippen LogP contribution in [0.25, 0.3) is 0 Å². The monoisotopic (exact) mass is 773 g/mol. The van der Waals surface area contributed by atoms with Crippen LogP contribution in [0.2, 0.25) is 0 Å². The summed E-state index contributed by atoms with van der Waals surface area (Å²) in [5, 5.41) is 10.9. The highest BCUT2D eigenvalue weighted by Crippen LogP contribution is 2.43. The number of amides is 1. The van der Waals surface area contributed by atoms with Crippen LogP contribution in [-0.2, 0) is 8.85 Å². The van der Waals surface area contributed by atoms with Crippen molar-refractivity contribution in [3.05, 3.63) is 132 Å². The van der Waals surface area contributed by atoms with Gasteiger partial charge in [-0.2, -0.15) is 0 Å². The second-order valence-electron chi connectivity index (χ2n) is 16.9. The van der Waals surface area contributed by atoms with E-state index >= 15 is 0 Å². The van der Waals surface area contributed by atoms with Crippen LogP contribution in [0.4, 0.5) is 5.13 Å². The summed E-state index contributed by atoms with van der Waals surface area (Å²) in [5.74, 6) is 0.478. The molecule has 1 N–H and O–H groups in total. The number of nitrogens with zero attached hydrogens (tertiary/aromatic N) is 2. The van der Waals surface area contributed by atoms with Gasteiger partial charge in [-0.25, -0.2) is 4.98 Å². The van der Waals surface area contributed by atoms with Gasteiger partial charge in [0.2, 0.25) is 0 Å². The molecule has 4 aromatic carbocycles. The normalized spacial score (nSPS) is 17.4. The van der Waals surface area contributed by atoms with Crippen LogP contribution in [-0.4, -0.2) is 53.9 Å². The predicted molar refractivity (Wildman–Crippen MR) is 228 cm³/mol. The number of carbonyl (C=O) groups is 1. The molecule has 282 valence electrons. The third-order valence-electron chi connectivity index (χ3n) is 10.0. The number of thiazole rings is 1. The largest absolute Gasteiger partial charge is 0.402 e. The Hall–Kier alpha value is -3.87. The van der Waals surface area contributed by atoms with Crippen molar-refractivity contribution in [2.24, 2.45) is 22.7 Å². The zero-order chi connectivity index (χ0) is 38.5. The highest BCUT2D eigenvalue weighted by atomic mass is 32.1. The SMILES string of the molecule is CC(C)C[C@H](NC(=O)c1csc(N2CC(C(C)(C)C)C2O[Si](c2ccccc2)c2ccccc2)n1)C(O[Si](c1ccccc1)c1ccccc1)C(C)(C)C. The Morgan fingerprint density at radius 3 is 1.67 bits per heavy atom. The third kappa shape index (κ3) is 9.67. The Kier molecular flexibility index (Phi) is 12.8. The zero-order valence-electron chi connectivity index (χ0n) is 33.0. The summed E-state index contributed by atoms with van der Waals surface area (Å²) >= 11 is 1.52. The number of anilines is 1. The van der Waals surface area contributed by atoms with Gasteiger partial charge in [-0.3, -0.25) is 4.79 Å². The minimum atomic E-state index is -1.62. The Bertz CT molecular complexity index is 1840. The molecule has 1 saturated heterocycles. The highest BCUT2D eigenvalue weighted by Gasteiger charge is 2.49. The Balaban J connectivity index is 1.25. The zero-order valence-corrected chi connectivity index (χ0v) is 35.8. The van der Waals surface area contributed by atoms with Crippen LogP contribution in [0.5, 0.6) is 0 Å². The average molecular weight is 774 g/mol. The summed E-state index contributed by atoms with van der Waals surface area (Å²) in [6.07, 6.45) is 0.376. The molecule has 1 aromatic heterocycles. The van der Waals surface area contributed by atoms with E-state index in [0.29, 0.717) is 17.5 Å². The fraction of sp³-hybridized carbons (Fsp3) is 0.378. The Morgan fingerprint density at radius 1 is 0.778 bits per heavy atom. The van der Waals surface area contributed by atoms with E-state index in [0.717, 1.165) is 18.1 Å². The van der Waals surface area contributed by atoms with E-state index in [1.807, 2.05) is 17.5 Å². The molecule has 1 aliphatic rings. The molecule has 1 aliphatic heterocycles. The van der Waals surface area contributed by atoms with Crippen molar-refractivity contribution in [3.8, 4) is 0 Å². The lowest BCUT2D eigenvalue weighted by Crippen LogP contribution is -2.65. The van der Waals surface area contributed by atoms with E-state index in [9.17, 15) is 4.79 Å². The standard InChI is InChI=1S/C45H55N3O3SSi2/c1-32(2)29-38(40(45(6,7)8)50-53(33-21-13-9-14-22-33)34-23-15-10-16-24-34)46-41(49)39-31-52-43(47-39)48-30-37(44(3,4)5)42(48)51-54(35-25-17-11-18-26-35)36-27-19-12-20-28-36/h9-28,31-32,37-38,40,42H,29-30H2,1-8H3,(H,46,49)/t37?,38-,40?,42?/m0/s1. The van der Waals surface area contributed by atoms with Crippen LogP contribution in [0.3, 0.4) is 0 Å². The first-order chi connectivity index (χ1) is 25.8. The van der Waals surface area contributed by atoms with Crippen LogP contribution in [0.15, 0.2) is 127 Å². The van der Waals surface area contributed by atoms with Gasteiger partial charge in [-0.1, -0.05) is 177 Å². The summed E-state index contributed by atoms with van der Waals surface area (Å²) in [4.78, 5) is 21.5. The van der Waals surface area contributed by atoms with Crippen molar-refractivity contribution in [1.82, 2.24) is 10.3 Å². The maximum Gasteiger partial charge on any atom is 0.285 e. The van der Waals surface area contributed by atoms with Crippen molar-refractivity contribution >= 4 is 61.2 Å². The summed E-state index contributed by atoms with van der Waals surface area (Å²) in [5.41, 5.74) is 0.216. The van der Waals surface area contributed by atoms with Gasteiger partial charge in [0.05, 0.1) is 12.1 Å². The molecule has 0 saturated carbocycles. The number of benzene rings is 4. The van der Waals surface area contributed by atoms with E-state index in [-0.39, 0.29) is 35.1 Å². The van der Waals surface area contributed by atoms with Crippen LogP contribution < -0.4 is 31.0 Å². The second-order valence-corrected chi connectivity index (χ2v) is 21.8. The van der Waals surface area contributed by atoms with Gasteiger partial charge in [0.1, 0.15) is 11.9 Å². The molecule has 0 aliphatic carbocycles. The van der Waals surface area contributed by atoms with Crippen molar-refractivity contribution in [1.29, 1.82) is 0 Å². The minimum Gasteiger partial charge on any atom is -0.402 e. The van der Waals surface area contributed by atoms with Gasteiger partial charge in [-0.15, -0.1) is 11.3 Å². The molecule has 2 radical (unpaired) electrons. The van der Waals surface area contributed by atoms with Crippen molar-refractivity contribution < 1.29 is 13.6 Å². The second kappa shape index (κ2) is 17.3. The summed E-state index contributed by atoms with van der Waals surface area (Å²) in [6, 6.07) is 42.0. The van der Waals surface area contributed by atoms with Gasteiger partial charge < -0.3 is 19.1 Å². The molecule has 2 heterocycles. The lowest BCUT2D eigenvalue weighted by molar-refractivity contribution is 0.00493. The number of hydrogen-bond donors (Lipinski definition) is 1. The lowest BCUT2D eigenvalue weighted by atomic mass is 9.74. The number of nitrogens with one attached hydrogen (secondary N) is 1. The molecule has 6 nitrogen and oxygen atoms in total. The molecule has 3 unspecified atom stereocenters. The molecule has 1 amide bonds. The van der Waals surface area contributed by atoms with Crippen LogP contribution >= 0.6 is 11.3 Å². The topological polar surface area (TPSA) is 63.7 Å². The first-order valence-corrected chi connectivity index (χ1v) is 22.8. The van der Waals surface area contributed by atoms with Gasteiger partial charge in [0, 0.05) is 17.8 Å². The lowest BCUT2D eigenvalue weighted by Gasteiger charge is -2.53. The van der Waals surface area contributed by atoms with Crippen LogP contribution in [0.1, 0.15) is 72.3 Å². The molecule has 4 atom stereocenters. The fourth-order valence-electron chi connectivity index (χ4n) is 7.10. The first-order valence-electron chi connectivity index (χ1n) is 19.1. The third-order valence-corrected chi connectivity index (χ3v) is 15.3. The molecular formula is C45H55N3O3SSi2. The van der Waals surface area contributed by atoms with E-state index in [4.69, 9.17) is 13.8 Å². The summed E-state index contributed by atoms with van der Waals surface area (Å²) in [7, 11) is -3.18. The number of aromatic nitrogens is 1. The number of rotatable bonds is 14. The quantitative estimate of drug-likeness (QED) is 0.122. The summed E-state index contributed by atoms with van der Waals surface area (Å²) < 4.78 is 14.5. The Labute approximate surface area is 330 Å².